The Hall–Kier alpha value is -3.10. The molecule has 0 aliphatic carbocycles. The number of hydrogen-bond donors (Lipinski definition) is 1. The molecule has 0 aliphatic heterocycles. The number of hydrogen-bond acceptors (Lipinski definition) is 2. The molecule has 0 saturated carbocycles. The first-order valence-corrected chi connectivity index (χ1v) is 18.4. The van der Waals surface area contributed by atoms with Gasteiger partial charge in [-0.3, -0.25) is 0 Å². The summed E-state index contributed by atoms with van der Waals surface area (Å²) in [6, 6.07) is 23.4. The van der Waals surface area contributed by atoms with E-state index in [1.54, 1.807) is 0 Å². The van der Waals surface area contributed by atoms with Crippen LogP contribution in [0.3, 0.4) is 0 Å². The van der Waals surface area contributed by atoms with Gasteiger partial charge < -0.3 is 10.6 Å². The summed E-state index contributed by atoms with van der Waals surface area (Å²) in [7, 11) is 3.57. The molecule has 0 bridgehead atoms. The summed E-state index contributed by atoms with van der Waals surface area (Å²) in [5, 5.41) is 0. The van der Waals surface area contributed by atoms with Crippen LogP contribution < -0.4 is 10.6 Å². The Morgan fingerprint density at radius 2 is 0.958 bits per heavy atom. The third-order valence-electron chi connectivity index (χ3n) is 7.06. The molecule has 0 fully saturated rings. The van der Waals surface area contributed by atoms with Crippen molar-refractivity contribution in [3.63, 3.8) is 0 Å². The van der Waals surface area contributed by atoms with Crippen molar-refractivity contribution in [1.29, 1.82) is 0 Å². The van der Waals surface area contributed by atoms with Crippen molar-refractivity contribution in [3.05, 3.63) is 125 Å². The summed E-state index contributed by atoms with van der Waals surface area (Å²) < 4.78 is 0. The minimum atomic E-state index is 0.486. The van der Waals surface area contributed by atoms with E-state index < -0.39 is 0 Å². The molecule has 0 atom stereocenters. The van der Waals surface area contributed by atoms with Crippen LogP contribution in [0.1, 0.15) is 135 Å². The van der Waals surface area contributed by atoms with Gasteiger partial charge in [0.2, 0.25) is 0 Å². The van der Waals surface area contributed by atoms with Crippen molar-refractivity contribution >= 4 is 5.69 Å². The number of unbranched alkanes of at least 4 members (excludes halogenated alkanes) is 2. The molecule has 2 N–H and O–H groups in total. The van der Waals surface area contributed by atoms with E-state index in [2.05, 4.69) is 188 Å². The SMILES string of the molecule is C=C(C(C)C)N(C)c1ccccc1C.C=C(C)CC.CC.CCCC.CCCC.CN.Cc1ccc(C)c(C)c1.Cc1ccc(C)cc1. The van der Waals surface area contributed by atoms with E-state index >= 15 is 0 Å². The summed E-state index contributed by atoms with van der Waals surface area (Å²) in [5.74, 6) is 0.486. The standard InChI is InChI=1S/C13H19N.C9H12.C8H10.C5H10.2C4H10.C2H6.CH5N/c1-10(2)12(4)14(5)13-9-7-6-8-11(13)3;1-7-4-5-8(2)9(3)6-7;1-7-3-5-8(2)6-4-7;1-4-5(2)3;2*1-3-4-2;2*1-2/h6-10H,4H2,1-3,5H3;4-6H,1-3H3;3-6H,1-2H3;2,4H2,1,3H3;2*3-4H2,1-2H3;1-2H3;2H2,1H3. The third kappa shape index (κ3) is 34.2. The fraction of sp³-hybridized carbons (Fsp3) is 0.522. The Labute approximate surface area is 303 Å². The van der Waals surface area contributed by atoms with Gasteiger partial charge in [-0.25, -0.2) is 0 Å². The lowest BCUT2D eigenvalue weighted by Gasteiger charge is -2.26. The van der Waals surface area contributed by atoms with Crippen LogP contribution in [0.25, 0.3) is 0 Å². The summed E-state index contributed by atoms with van der Waals surface area (Å²) >= 11 is 0. The molecule has 0 saturated heterocycles. The monoisotopic (exact) mass is 663 g/mol. The molecule has 0 spiro atoms. The van der Waals surface area contributed by atoms with Crippen LogP contribution in [0.2, 0.25) is 0 Å². The molecule has 0 amide bonds. The van der Waals surface area contributed by atoms with Crippen LogP contribution >= 0.6 is 0 Å². The van der Waals surface area contributed by atoms with Crippen molar-refractivity contribution in [2.45, 2.75) is 143 Å². The normalized spacial score (nSPS) is 8.67. The number of nitrogens with zero attached hydrogens (tertiary/aromatic N) is 1. The zero-order chi connectivity index (χ0) is 38.7. The maximum atomic E-state index is 4.50. The first kappa shape index (κ1) is 54.4. The van der Waals surface area contributed by atoms with Crippen molar-refractivity contribution in [1.82, 2.24) is 0 Å². The van der Waals surface area contributed by atoms with Gasteiger partial charge in [-0.2, -0.15) is 0 Å². The van der Waals surface area contributed by atoms with Crippen LogP contribution in [-0.4, -0.2) is 14.1 Å². The number of aryl methyl sites for hydroxylation is 6. The lowest BCUT2D eigenvalue weighted by atomic mass is 10.1. The molecule has 0 aliphatic rings. The number of rotatable bonds is 6. The van der Waals surface area contributed by atoms with Gasteiger partial charge in [-0.15, -0.1) is 6.58 Å². The van der Waals surface area contributed by atoms with Gasteiger partial charge in [-0.05, 0) is 90.6 Å². The van der Waals surface area contributed by atoms with Crippen LogP contribution in [-0.2, 0) is 0 Å². The molecule has 2 heteroatoms. The molecule has 0 unspecified atom stereocenters. The molecule has 2 nitrogen and oxygen atoms in total. The van der Waals surface area contributed by atoms with E-state index in [1.165, 1.54) is 77.4 Å². The number of para-hydroxylation sites is 1. The highest BCUT2D eigenvalue weighted by atomic mass is 15.1. The van der Waals surface area contributed by atoms with Crippen molar-refractivity contribution < 1.29 is 0 Å². The summed E-state index contributed by atoms with van der Waals surface area (Å²) in [4.78, 5) is 2.17. The molecule has 3 aromatic carbocycles. The Kier molecular flexibility index (Phi) is 43.4. The first-order chi connectivity index (χ1) is 22.6. The minimum Gasteiger partial charge on any atom is -0.348 e. The fourth-order valence-electron chi connectivity index (χ4n) is 3.01. The predicted molar refractivity (Wildman–Crippen MR) is 228 cm³/mol. The molecule has 0 radical (unpaired) electrons. The summed E-state index contributed by atoms with van der Waals surface area (Å²) in [6.45, 7) is 41.7. The molecular weight excluding hydrogens is 581 g/mol. The van der Waals surface area contributed by atoms with E-state index in [0.29, 0.717) is 5.92 Å². The van der Waals surface area contributed by atoms with Crippen molar-refractivity contribution in [2.75, 3.05) is 19.0 Å². The number of benzene rings is 3. The van der Waals surface area contributed by atoms with E-state index in [1.807, 2.05) is 20.8 Å². The van der Waals surface area contributed by atoms with Gasteiger partial charge in [0.25, 0.3) is 0 Å². The Bertz CT molecular complexity index is 1090. The van der Waals surface area contributed by atoms with E-state index in [-0.39, 0.29) is 0 Å². The van der Waals surface area contributed by atoms with Gasteiger partial charge in [0.15, 0.2) is 0 Å². The highest BCUT2D eigenvalue weighted by molar-refractivity contribution is 5.56. The predicted octanol–water partition coefficient (Wildman–Crippen LogP) is 14.7. The van der Waals surface area contributed by atoms with Gasteiger partial charge >= 0.3 is 0 Å². The van der Waals surface area contributed by atoms with Crippen LogP contribution in [0.4, 0.5) is 5.69 Å². The fourth-order valence-corrected chi connectivity index (χ4v) is 3.01. The van der Waals surface area contributed by atoms with Gasteiger partial charge in [-0.1, -0.05) is 178 Å². The second-order valence-electron chi connectivity index (χ2n) is 12.0. The zero-order valence-corrected chi connectivity index (χ0v) is 35.4. The van der Waals surface area contributed by atoms with Crippen LogP contribution in [0, 0.1) is 47.5 Å². The molecule has 0 heterocycles. The van der Waals surface area contributed by atoms with Gasteiger partial charge in [0.1, 0.15) is 0 Å². The maximum Gasteiger partial charge on any atom is 0.0435 e. The topological polar surface area (TPSA) is 29.3 Å². The highest BCUT2D eigenvalue weighted by Crippen LogP contribution is 2.24. The van der Waals surface area contributed by atoms with Gasteiger partial charge in [0.05, 0.1) is 0 Å². The molecule has 48 heavy (non-hydrogen) atoms. The average molecular weight is 663 g/mol. The lowest BCUT2D eigenvalue weighted by molar-refractivity contribution is 0.738. The maximum absolute atomic E-state index is 4.50. The van der Waals surface area contributed by atoms with Crippen LogP contribution in [0.15, 0.2) is 91.2 Å². The van der Waals surface area contributed by atoms with E-state index in [9.17, 15) is 0 Å². The minimum absolute atomic E-state index is 0.486. The quantitative estimate of drug-likeness (QED) is 0.266. The highest BCUT2D eigenvalue weighted by Gasteiger charge is 2.09. The van der Waals surface area contributed by atoms with E-state index in [0.717, 1.165) is 12.1 Å². The molecule has 0 aromatic heterocycles. The molecule has 276 valence electrons. The number of anilines is 1. The average Bonchev–Trinajstić information content (AvgIpc) is 3.10. The smallest absolute Gasteiger partial charge is 0.0435 e. The second-order valence-corrected chi connectivity index (χ2v) is 12.0. The van der Waals surface area contributed by atoms with E-state index in [4.69, 9.17) is 0 Å². The second kappa shape index (κ2) is 38.3. The van der Waals surface area contributed by atoms with Gasteiger partial charge in [0, 0.05) is 18.4 Å². The largest absolute Gasteiger partial charge is 0.348 e. The molecule has 3 rings (SSSR count). The molecule has 3 aromatic rings. The Balaban J connectivity index is -0.000000160. The molecular formula is C46H82N2. The third-order valence-corrected chi connectivity index (χ3v) is 7.06. The lowest BCUT2D eigenvalue weighted by Crippen LogP contribution is -2.19. The first-order valence-electron chi connectivity index (χ1n) is 18.4. The summed E-state index contributed by atoms with van der Waals surface area (Å²) in [5.41, 5.74) is 16.2. The number of allylic oxidation sites excluding steroid dienone is 2. The van der Waals surface area contributed by atoms with Crippen molar-refractivity contribution in [2.24, 2.45) is 11.7 Å². The number of nitrogens with two attached hydrogens (primary N) is 1. The zero-order valence-electron chi connectivity index (χ0n) is 35.4. The van der Waals surface area contributed by atoms with Crippen LogP contribution in [0.5, 0.6) is 0 Å². The van der Waals surface area contributed by atoms with Crippen molar-refractivity contribution in [3.8, 4) is 0 Å². The Morgan fingerprint density at radius 1 is 0.604 bits per heavy atom. The summed E-state index contributed by atoms with van der Waals surface area (Å²) in [6.07, 6.45) is 6.39. The Morgan fingerprint density at radius 3 is 1.23 bits per heavy atom.